The third kappa shape index (κ3) is 2.47. The molecule has 0 saturated heterocycles. The van der Waals surface area contributed by atoms with Crippen LogP contribution in [0.2, 0.25) is 0 Å². The summed E-state index contributed by atoms with van der Waals surface area (Å²) in [6, 6.07) is 18.7. The molecule has 1 N–H and O–H groups in total. The summed E-state index contributed by atoms with van der Waals surface area (Å²) in [4.78, 5) is 4.34. The summed E-state index contributed by atoms with van der Waals surface area (Å²) < 4.78 is 5.31. The summed E-state index contributed by atoms with van der Waals surface area (Å²) in [6.07, 6.45) is 3.23. The molecule has 98 valence electrons. The van der Waals surface area contributed by atoms with Crippen LogP contribution in [0.4, 0.5) is 5.69 Å². The highest BCUT2D eigenvalue weighted by atomic mass is 16.3. The van der Waals surface area contributed by atoms with Crippen LogP contribution in [0.25, 0.3) is 11.3 Å². The normalized spacial score (nSPS) is 11.0. The highest BCUT2D eigenvalue weighted by molar-refractivity contribution is 5.89. The van der Waals surface area contributed by atoms with E-state index in [1.54, 1.807) is 18.5 Å². The second-order valence-electron chi connectivity index (χ2n) is 4.31. The van der Waals surface area contributed by atoms with Crippen LogP contribution in [-0.2, 0) is 0 Å². The molecule has 2 aromatic carbocycles. The maximum atomic E-state index is 10.3. The van der Waals surface area contributed by atoms with Gasteiger partial charge in [-0.05, 0) is 36.4 Å². The molecule has 0 radical (unpaired) electrons. The molecule has 0 fully saturated rings. The smallest absolute Gasteiger partial charge is 0.137 e. The fourth-order valence-corrected chi connectivity index (χ4v) is 1.95. The number of para-hydroxylation sites is 2. The van der Waals surface area contributed by atoms with Gasteiger partial charge in [-0.3, -0.25) is 4.99 Å². The van der Waals surface area contributed by atoms with Gasteiger partial charge in [-0.25, -0.2) is 0 Å². The monoisotopic (exact) mass is 263 g/mol. The lowest BCUT2D eigenvalue weighted by atomic mass is 10.1. The largest absolute Gasteiger partial charge is 0.506 e. The lowest BCUT2D eigenvalue weighted by Gasteiger charge is -2.04. The van der Waals surface area contributed by atoms with Crippen molar-refractivity contribution in [1.29, 1.82) is 0 Å². The summed E-state index contributed by atoms with van der Waals surface area (Å²) >= 11 is 0. The quantitative estimate of drug-likeness (QED) is 0.712. The second-order valence-corrected chi connectivity index (χ2v) is 4.31. The molecular weight excluding hydrogens is 250 g/mol. The standard InChI is InChI=1S/C17H13NO2/c19-17-13(12-18-14-7-2-1-3-8-14)6-4-9-15(17)16-10-5-11-20-16/h1-12,19H/b18-12+. The van der Waals surface area contributed by atoms with E-state index in [9.17, 15) is 5.11 Å². The average Bonchev–Trinajstić information content (AvgIpc) is 3.01. The van der Waals surface area contributed by atoms with Gasteiger partial charge in [-0.15, -0.1) is 0 Å². The molecule has 0 aliphatic heterocycles. The van der Waals surface area contributed by atoms with Gasteiger partial charge in [0.2, 0.25) is 0 Å². The van der Waals surface area contributed by atoms with Gasteiger partial charge in [0.05, 0.1) is 17.5 Å². The van der Waals surface area contributed by atoms with Crippen LogP contribution in [0.15, 0.2) is 76.3 Å². The topological polar surface area (TPSA) is 45.7 Å². The summed E-state index contributed by atoms with van der Waals surface area (Å²) in [6.45, 7) is 0. The van der Waals surface area contributed by atoms with Crippen LogP contribution in [0.3, 0.4) is 0 Å². The Morgan fingerprint density at radius 3 is 2.50 bits per heavy atom. The second kappa shape index (κ2) is 5.45. The molecule has 20 heavy (non-hydrogen) atoms. The molecule has 0 aliphatic carbocycles. The summed E-state index contributed by atoms with van der Waals surface area (Å²) in [7, 11) is 0. The molecule has 0 saturated carbocycles. The van der Waals surface area contributed by atoms with Gasteiger partial charge in [-0.1, -0.05) is 24.3 Å². The lowest BCUT2D eigenvalue weighted by Crippen LogP contribution is -1.85. The predicted octanol–water partition coefficient (Wildman–Crippen LogP) is 4.40. The maximum Gasteiger partial charge on any atom is 0.137 e. The van der Waals surface area contributed by atoms with E-state index in [4.69, 9.17) is 4.42 Å². The zero-order chi connectivity index (χ0) is 13.8. The van der Waals surface area contributed by atoms with Gasteiger partial charge >= 0.3 is 0 Å². The molecule has 3 rings (SSSR count). The first kappa shape index (κ1) is 12.2. The molecule has 3 heteroatoms. The van der Waals surface area contributed by atoms with Crippen molar-refractivity contribution in [3.63, 3.8) is 0 Å². The minimum Gasteiger partial charge on any atom is -0.506 e. The van der Waals surface area contributed by atoms with Crippen LogP contribution >= 0.6 is 0 Å². The van der Waals surface area contributed by atoms with Gasteiger partial charge < -0.3 is 9.52 Å². The van der Waals surface area contributed by atoms with Crippen molar-refractivity contribution in [2.75, 3.05) is 0 Å². The third-order valence-corrected chi connectivity index (χ3v) is 2.96. The molecule has 0 bridgehead atoms. The number of phenolic OH excluding ortho intramolecular Hbond substituents is 1. The Labute approximate surface area is 116 Å². The van der Waals surface area contributed by atoms with E-state index in [0.717, 1.165) is 5.69 Å². The number of furan rings is 1. The minimum atomic E-state index is 0.169. The minimum absolute atomic E-state index is 0.169. The SMILES string of the molecule is Oc1c(/C=N/c2ccccc2)cccc1-c1ccco1. The van der Waals surface area contributed by atoms with E-state index < -0.39 is 0 Å². The summed E-state index contributed by atoms with van der Waals surface area (Å²) in [5, 5.41) is 10.3. The van der Waals surface area contributed by atoms with Crippen molar-refractivity contribution in [2.24, 2.45) is 4.99 Å². The van der Waals surface area contributed by atoms with Crippen LogP contribution in [-0.4, -0.2) is 11.3 Å². The highest BCUT2D eigenvalue weighted by Gasteiger charge is 2.09. The highest BCUT2D eigenvalue weighted by Crippen LogP contribution is 2.31. The number of phenols is 1. The zero-order valence-electron chi connectivity index (χ0n) is 10.7. The van der Waals surface area contributed by atoms with Crippen LogP contribution in [0.5, 0.6) is 5.75 Å². The molecule has 3 aromatic rings. The zero-order valence-corrected chi connectivity index (χ0v) is 10.7. The van der Waals surface area contributed by atoms with Crippen molar-refractivity contribution in [3.8, 4) is 17.1 Å². The van der Waals surface area contributed by atoms with Crippen molar-refractivity contribution < 1.29 is 9.52 Å². The van der Waals surface area contributed by atoms with Gasteiger partial charge in [-0.2, -0.15) is 0 Å². The number of hydrogen-bond donors (Lipinski definition) is 1. The van der Waals surface area contributed by atoms with E-state index in [2.05, 4.69) is 4.99 Å². The van der Waals surface area contributed by atoms with E-state index in [-0.39, 0.29) is 5.75 Å². The van der Waals surface area contributed by atoms with E-state index in [1.165, 1.54) is 0 Å². The van der Waals surface area contributed by atoms with Crippen molar-refractivity contribution in [1.82, 2.24) is 0 Å². The van der Waals surface area contributed by atoms with Gasteiger partial charge in [0.25, 0.3) is 0 Å². The van der Waals surface area contributed by atoms with Crippen molar-refractivity contribution in [3.05, 3.63) is 72.5 Å². The summed E-state index contributed by atoms with van der Waals surface area (Å²) in [5.74, 6) is 0.805. The number of benzene rings is 2. The van der Waals surface area contributed by atoms with Crippen molar-refractivity contribution in [2.45, 2.75) is 0 Å². The van der Waals surface area contributed by atoms with Crippen molar-refractivity contribution >= 4 is 11.9 Å². The van der Waals surface area contributed by atoms with Crippen LogP contribution in [0, 0.1) is 0 Å². The Morgan fingerprint density at radius 2 is 1.75 bits per heavy atom. The number of nitrogens with zero attached hydrogens (tertiary/aromatic N) is 1. The fourth-order valence-electron chi connectivity index (χ4n) is 1.95. The number of rotatable bonds is 3. The Morgan fingerprint density at radius 1 is 0.900 bits per heavy atom. The molecule has 0 unspecified atom stereocenters. The molecule has 0 atom stereocenters. The predicted molar refractivity (Wildman–Crippen MR) is 79.5 cm³/mol. The first-order valence-electron chi connectivity index (χ1n) is 6.29. The number of aromatic hydroxyl groups is 1. The van der Waals surface area contributed by atoms with E-state index in [0.29, 0.717) is 16.9 Å². The first-order chi connectivity index (χ1) is 9.84. The van der Waals surface area contributed by atoms with E-state index in [1.807, 2.05) is 54.6 Å². The Balaban J connectivity index is 1.95. The van der Waals surface area contributed by atoms with Gasteiger partial charge in [0.15, 0.2) is 0 Å². The molecule has 0 amide bonds. The Hall–Kier alpha value is -2.81. The van der Waals surface area contributed by atoms with Gasteiger partial charge in [0, 0.05) is 11.8 Å². The summed E-state index contributed by atoms with van der Waals surface area (Å²) in [5.41, 5.74) is 2.16. The Bertz CT molecular complexity index is 716. The van der Waals surface area contributed by atoms with Gasteiger partial charge in [0.1, 0.15) is 11.5 Å². The molecule has 0 spiro atoms. The number of hydrogen-bond acceptors (Lipinski definition) is 3. The maximum absolute atomic E-state index is 10.3. The molecule has 1 aromatic heterocycles. The number of aliphatic imine (C=N–C) groups is 1. The Kier molecular flexibility index (Phi) is 3.33. The first-order valence-corrected chi connectivity index (χ1v) is 6.29. The van der Waals surface area contributed by atoms with E-state index >= 15 is 0 Å². The van der Waals surface area contributed by atoms with Crippen LogP contribution in [0.1, 0.15) is 5.56 Å². The average molecular weight is 263 g/mol. The molecule has 3 nitrogen and oxygen atoms in total. The molecular formula is C17H13NO2. The molecule has 1 heterocycles. The lowest BCUT2D eigenvalue weighted by molar-refractivity contribution is 0.473. The molecule has 0 aliphatic rings. The third-order valence-electron chi connectivity index (χ3n) is 2.96. The fraction of sp³-hybridized carbons (Fsp3) is 0. The van der Waals surface area contributed by atoms with Crippen LogP contribution < -0.4 is 0 Å².